The molecule has 14 heavy (non-hydrogen) atoms. The molecule has 0 spiro atoms. The van der Waals surface area contributed by atoms with Crippen LogP contribution in [0.3, 0.4) is 0 Å². The molecule has 1 aliphatic heterocycles. The monoisotopic (exact) mass is 211 g/mol. The largest absolute Gasteiger partial charge is 0.243 e. The first-order valence-electron chi connectivity index (χ1n) is 4.66. The van der Waals surface area contributed by atoms with Gasteiger partial charge >= 0.3 is 0 Å². The fourth-order valence-electron chi connectivity index (χ4n) is 1.74. The average molecular weight is 211 g/mol. The summed E-state index contributed by atoms with van der Waals surface area (Å²) in [6.07, 6.45) is 1.74. The van der Waals surface area contributed by atoms with Gasteiger partial charge in [0.05, 0.1) is 4.90 Å². The molecule has 1 aliphatic rings. The van der Waals surface area contributed by atoms with Crippen LogP contribution < -0.4 is 0 Å². The van der Waals surface area contributed by atoms with Crippen LogP contribution in [0.2, 0.25) is 0 Å². The van der Waals surface area contributed by atoms with Crippen molar-refractivity contribution in [3.05, 3.63) is 29.8 Å². The Bertz CT molecular complexity index is 439. The van der Waals surface area contributed by atoms with Gasteiger partial charge in [0, 0.05) is 13.6 Å². The summed E-state index contributed by atoms with van der Waals surface area (Å²) in [6.45, 7) is 0.608. The maximum absolute atomic E-state index is 11.9. The quantitative estimate of drug-likeness (QED) is 0.647. The zero-order chi connectivity index (χ0) is 10.2. The highest BCUT2D eigenvalue weighted by Crippen LogP contribution is 2.23. The molecule has 3 nitrogen and oxygen atoms in total. The third-order valence-electron chi connectivity index (χ3n) is 2.58. The van der Waals surface area contributed by atoms with Crippen LogP contribution in [0.4, 0.5) is 0 Å². The van der Waals surface area contributed by atoms with E-state index >= 15 is 0 Å². The van der Waals surface area contributed by atoms with Crippen LogP contribution in [0.25, 0.3) is 0 Å². The number of nitrogens with zero attached hydrogens (tertiary/aromatic N) is 1. The zero-order valence-electron chi connectivity index (χ0n) is 8.10. The summed E-state index contributed by atoms with van der Waals surface area (Å²) < 4.78 is 25.3. The molecule has 0 saturated heterocycles. The SMILES string of the molecule is CN1CCCc2ccccc2S1(=O)=O. The summed E-state index contributed by atoms with van der Waals surface area (Å²) in [5.74, 6) is 0. The highest BCUT2D eigenvalue weighted by atomic mass is 32.2. The molecule has 1 aromatic carbocycles. The third kappa shape index (κ3) is 1.44. The molecule has 0 N–H and O–H groups in total. The lowest BCUT2D eigenvalue weighted by Crippen LogP contribution is -2.26. The van der Waals surface area contributed by atoms with Gasteiger partial charge in [-0.05, 0) is 24.5 Å². The van der Waals surface area contributed by atoms with Crippen molar-refractivity contribution in [2.75, 3.05) is 13.6 Å². The molecule has 0 amide bonds. The van der Waals surface area contributed by atoms with E-state index in [-0.39, 0.29) is 0 Å². The highest BCUT2D eigenvalue weighted by Gasteiger charge is 2.25. The lowest BCUT2D eigenvalue weighted by atomic mass is 10.1. The summed E-state index contributed by atoms with van der Waals surface area (Å²) >= 11 is 0. The smallest absolute Gasteiger partial charge is 0.207 e. The van der Waals surface area contributed by atoms with E-state index in [1.54, 1.807) is 19.2 Å². The van der Waals surface area contributed by atoms with Crippen molar-refractivity contribution in [3.8, 4) is 0 Å². The fourth-order valence-corrected chi connectivity index (χ4v) is 3.20. The molecule has 0 atom stereocenters. The van der Waals surface area contributed by atoms with Crippen LogP contribution in [0.1, 0.15) is 12.0 Å². The number of fused-ring (bicyclic) bond motifs is 1. The number of rotatable bonds is 0. The molecule has 2 rings (SSSR count). The van der Waals surface area contributed by atoms with Crippen molar-refractivity contribution < 1.29 is 8.42 Å². The minimum atomic E-state index is -3.22. The van der Waals surface area contributed by atoms with E-state index in [1.807, 2.05) is 12.1 Å². The lowest BCUT2D eigenvalue weighted by molar-refractivity contribution is 0.470. The number of hydrogen-bond donors (Lipinski definition) is 0. The summed E-state index contributed by atoms with van der Waals surface area (Å²) in [6, 6.07) is 7.24. The Hall–Kier alpha value is -0.870. The van der Waals surface area contributed by atoms with Gasteiger partial charge in [0.25, 0.3) is 0 Å². The van der Waals surface area contributed by atoms with Gasteiger partial charge in [-0.2, -0.15) is 0 Å². The van der Waals surface area contributed by atoms with Crippen LogP contribution in [-0.4, -0.2) is 26.3 Å². The summed E-state index contributed by atoms with van der Waals surface area (Å²) in [7, 11) is -1.59. The molecule has 76 valence electrons. The molecular formula is C10H13NO2S. The Morgan fingerprint density at radius 1 is 1.29 bits per heavy atom. The van der Waals surface area contributed by atoms with Gasteiger partial charge in [-0.1, -0.05) is 18.2 Å². The minimum Gasteiger partial charge on any atom is -0.207 e. The molecule has 0 fully saturated rings. The fraction of sp³-hybridized carbons (Fsp3) is 0.400. The van der Waals surface area contributed by atoms with Gasteiger partial charge in [0.2, 0.25) is 10.0 Å². The van der Waals surface area contributed by atoms with Crippen molar-refractivity contribution in [1.82, 2.24) is 4.31 Å². The second-order valence-electron chi connectivity index (χ2n) is 3.54. The Labute approximate surface area is 84.4 Å². The maximum Gasteiger partial charge on any atom is 0.243 e. The lowest BCUT2D eigenvalue weighted by Gasteiger charge is -2.13. The van der Waals surface area contributed by atoms with E-state index < -0.39 is 10.0 Å². The highest BCUT2D eigenvalue weighted by molar-refractivity contribution is 7.89. The molecular weight excluding hydrogens is 198 g/mol. The molecule has 0 aromatic heterocycles. The molecule has 0 bridgehead atoms. The first-order valence-corrected chi connectivity index (χ1v) is 6.10. The molecule has 0 radical (unpaired) electrons. The van der Waals surface area contributed by atoms with Crippen molar-refractivity contribution >= 4 is 10.0 Å². The number of sulfonamides is 1. The minimum absolute atomic E-state index is 0.472. The maximum atomic E-state index is 11.9. The predicted octanol–water partition coefficient (Wildman–Crippen LogP) is 1.25. The van der Waals surface area contributed by atoms with Gasteiger partial charge < -0.3 is 0 Å². The van der Waals surface area contributed by atoms with E-state index in [0.29, 0.717) is 11.4 Å². The Morgan fingerprint density at radius 3 is 2.79 bits per heavy atom. The summed E-state index contributed by atoms with van der Waals surface area (Å²) in [5.41, 5.74) is 0.942. The standard InChI is InChI=1S/C10H13NO2S/c1-11-8-4-6-9-5-2-3-7-10(9)14(11,12)13/h2-3,5,7H,4,6,8H2,1H3. The van der Waals surface area contributed by atoms with Gasteiger partial charge in [-0.15, -0.1) is 0 Å². The first-order chi connectivity index (χ1) is 6.62. The Balaban J connectivity index is 2.63. The van der Waals surface area contributed by atoms with Crippen LogP contribution in [0.15, 0.2) is 29.2 Å². The van der Waals surface area contributed by atoms with E-state index in [0.717, 1.165) is 18.4 Å². The zero-order valence-corrected chi connectivity index (χ0v) is 8.92. The topological polar surface area (TPSA) is 37.4 Å². The third-order valence-corrected chi connectivity index (χ3v) is 4.54. The molecule has 1 aromatic rings. The molecule has 1 heterocycles. The second-order valence-corrected chi connectivity index (χ2v) is 5.55. The van der Waals surface area contributed by atoms with Crippen LogP contribution in [-0.2, 0) is 16.4 Å². The van der Waals surface area contributed by atoms with Crippen LogP contribution in [0, 0.1) is 0 Å². The van der Waals surface area contributed by atoms with E-state index in [9.17, 15) is 8.42 Å². The first kappa shape index (κ1) is 9.68. The van der Waals surface area contributed by atoms with Crippen molar-refractivity contribution in [1.29, 1.82) is 0 Å². The molecule has 0 unspecified atom stereocenters. The van der Waals surface area contributed by atoms with Crippen LogP contribution >= 0.6 is 0 Å². The predicted molar refractivity (Wildman–Crippen MR) is 54.6 cm³/mol. The number of hydrogen-bond acceptors (Lipinski definition) is 2. The van der Waals surface area contributed by atoms with Gasteiger partial charge in [0.15, 0.2) is 0 Å². The van der Waals surface area contributed by atoms with Crippen LogP contribution in [0.5, 0.6) is 0 Å². The number of aryl methyl sites for hydroxylation is 1. The summed E-state index contributed by atoms with van der Waals surface area (Å²) in [4.78, 5) is 0.472. The molecule has 0 aliphatic carbocycles. The van der Waals surface area contributed by atoms with E-state index in [1.165, 1.54) is 4.31 Å². The van der Waals surface area contributed by atoms with Crippen molar-refractivity contribution in [2.24, 2.45) is 0 Å². The van der Waals surface area contributed by atoms with Gasteiger partial charge in [-0.3, -0.25) is 0 Å². The Morgan fingerprint density at radius 2 is 2.00 bits per heavy atom. The average Bonchev–Trinajstić information content (AvgIpc) is 2.27. The normalized spacial score (nSPS) is 21.2. The Kier molecular flexibility index (Phi) is 2.33. The van der Waals surface area contributed by atoms with Crippen molar-refractivity contribution in [3.63, 3.8) is 0 Å². The number of benzene rings is 1. The summed E-state index contributed by atoms with van der Waals surface area (Å²) in [5, 5.41) is 0. The van der Waals surface area contributed by atoms with E-state index in [2.05, 4.69) is 0 Å². The van der Waals surface area contributed by atoms with Gasteiger partial charge in [0.1, 0.15) is 0 Å². The van der Waals surface area contributed by atoms with Crippen molar-refractivity contribution in [2.45, 2.75) is 17.7 Å². The van der Waals surface area contributed by atoms with Gasteiger partial charge in [-0.25, -0.2) is 12.7 Å². The molecule has 4 heteroatoms. The molecule has 0 saturated carbocycles. The van der Waals surface area contributed by atoms with E-state index in [4.69, 9.17) is 0 Å². The second kappa shape index (κ2) is 3.37.